The van der Waals surface area contributed by atoms with E-state index in [9.17, 15) is 4.79 Å². The zero-order valence-electron chi connectivity index (χ0n) is 14.3. The van der Waals surface area contributed by atoms with Crippen molar-refractivity contribution in [3.63, 3.8) is 0 Å². The Morgan fingerprint density at radius 3 is 2.56 bits per heavy atom. The van der Waals surface area contributed by atoms with Crippen LogP contribution in [0.15, 0.2) is 31.0 Å². The lowest BCUT2D eigenvalue weighted by Gasteiger charge is -2.55. The van der Waals surface area contributed by atoms with E-state index in [2.05, 4.69) is 20.4 Å². The summed E-state index contributed by atoms with van der Waals surface area (Å²) in [6.45, 7) is 0.490. The van der Waals surface area contributed by atoms with Gasteiger partial charge >= 0.3 is 0 Å². The molecule has 4 bridgehead atoms. The first kappa shape index (κ1) is 15.0. The highest BCUT2D eigenvalue weighted by Gasteiger charge is 2.54. The Morgan fingerprint density at radius 1 is 1.20 bits per heavy atom. The molecule has 0 spiro atoms. The van der Waals surface area contributed by atoms with Crippen molar-refractivity contribution in [2.75, 3.05) is 0 Å². The highest BCUT2D eigenvalue weighted by molar-refractivity contribution is 5.83. The maximum Gasteiger partial charge on any atom is 0.226 e. The summed E-state index contributed by atoms with van der Waals surface area (Å²) >= 11 is 0. The van der Waals surface area contributed by atoms with Gasteiger partial charge in [-0.25, -0.2) is 14.6 Å². The van der Waals surface area contributed by atoms with Gasteiger partial charge in [-0.3, -0.25) is 4.79 Å². The van der Waals surface area contributed by atoms with Crippen LogP contribution in [-0.4, -0.2) is 25.7 Å². The molecule has 0 saturated heterocycles. The SMILES string of the molecule is O=C(NCc1cccnc1-n1cncn1)C12CC3CC(CC(C3)C1)C2. The van der Waals surface area contributed by atoms with Gasteiger partial charge in [0.2, 0.25) is 5.91 Å². The maximum absolute atomic E-state index is 13.1. The summed E-state index contributed by atoms with van der Waals surface area (Å²) in [5.41, 5.74) is 0.857. The van der Waals surface area contributed by atoms with Gasteiger partial charge in [-0.15, -0.1) is 0 Å². The number of aromatic nitrogens is 4. The van der Waals surface area contributed by atoms with Crippen LogP contribution in [0.3, 0.4) is 0 Å². The fraction of sp³-hybridized carbons (Fsp3) is 0.579. The molecule has 6 rings (SSSR count). The number of amides is 1. The van der Waals surface area contributed by atoms with E-state index in [1.807, 2.05) is 12.1 Å². The molecule has 130 valence electrons. The molecule has 25 heavy (non-hydrogen) atoms. The lowest BCUT2D eigenvalue weighted by atomic mass is 9.49. The van der Waals surface area contributed by atoms with Crippen molar-refractivity contribution in [3.05, 3.63) is 36.5 Å². The van der Waals surface area contributed by atoms with Crippen LogP contribution < -0.4 is 5.32 Å². The zero-order valence-corrected chi connectivity index (χ0v) is 14.3. The Balaban J connectivity index is 1.33. The maximum atomic E-state index is 13.1. The second-order valence-electron chi connectivity index (χ2n) is 8.21. The third-order valence-electron chi connectivity index (χ3n) is 6.46. The van der Waals surface area contributed by atoms with Gasteiger partial charge in [0.05, 0.1) is 0 Å². The molecule has 2 heterocycles. The number of hydrogen-bond acceptors (Lipinski definition) is 4. The van der Waals surface area contributed by atoms with Crippen molar-refractivity contribution in [3.8, 4) is 5.82 Å². The molecule has 2 aromatic heterocycles. The third kappa shape index (κ3) is 2.55. The van der Waals surface area contributed by atoms with E-state index in [-0.39, 0.29) is 11.3 Å². The average Bonchev–Trinajstić information content (AvgIpc) is 3.13. The summed E-state index contributed by atoms with van der Waals surface area (Å²) in [5, 5.41) is 7.38. The van der Waals surface area contributed by atoms with Crippen LogP contribution >= 0.6 is 0 Å². The number of rotatable bonds is 4. The summed E-state index contributed by atoms with van der Waals surface area (Å²) in [7, 11) is 0. The standard InChI is InChI=1S/C19H23N5O/c25-18(19-7-13-4-14(8-19)6-15(5-13)9-19)22-10-16-2-1-3-21-17(16)24-12-20-11-23-24/h1-3,11-15H,4-10H2,(H,22,25). The number of hydrogen-bond donors (Lipinski definition) is 1. The molecule has 1 amide bonds. The van der Waals surface area contributed by atoms with Gasteiger partial charge in [0.1, 0.15) is 12.7 Å². The summed E-state index contributed by atoms with van der Waals surface area (Å²) < 4.78 is 1.65. The Hall–Kier alpha value is -2.24. The second kappa shape index (κ2) is 5.64. The van der Waals surface area contributed by atoms with Crippen molar-refractivity contribution in [2.45, 2.75) is 45.1 Å². The largest absolute Gasteiger partial charge is 0.351 e. The van der Waals surface area contributed by atoms with Crippen LogP contribution in [0.2, 0.25) is 0 Å². The Bertz CT molecular complexity index is 750. The molecule has 0 atom stereocenters. The Labute approximate surface area is 147 Å². The summed E-state index contributed by atoms with van der Waals surface area (Å²) in [5.74, 6) is 3.31. The van der Waals surface area contributed by atoms with E-state index in [1.165, 1.54) is 25.6 Å². The average molecular weight is 337 g/mol. The fourth-order valence-corrected chi connectivity index (χ4v) is 5.84. The van der Waals surface area contributed by atoms with Gasteiger partial charge < -0.3 is 5.32 Å². The summed E-state index contributed by atoms with van der Waals surface area (Å²) in [6, 6.07) is 3.89. The molecule has 0 radical (unpaired) electrons. The molecule has 6 heteroatoms. The first-order valence-electron chi connectivity index (χ1n) is 9.29. The normalized spacial score (nSPS) is 32.7. The van der Waals surface area contributed by atoms with Crippen molar-refractivity contribution < 1.29 is 4.79 Å². The number of carbonyl (C=O) groups excluding carboxylic acids is 1. The number of nitrogens with one attached hydrogen (secondary N) is 1. The van der Waals surface area contributed by atoms with Crippen LogP contribution in [0.25, 0.3) is 5.82 Å². The van der Waals surface area contributed by atoms with Gasteiger partial charge in [0, 0.05) is 23.7 Å². The van der Waals surface area contributed by atoms with Gasteiger partial charge in [-0.05, 0) is 62.3 Å². The molecule has 4 aliphatic rings. The molecule has 0 aromatic carbocycles. The monoisotopic (exact) mass is 337 g/mol. The minimum Gasteiger partial charge on any atom is -0.351 e. The lowest BCUT2D eigenvalue weighted by molar-refractivity contribution is -0.146. The van der Waals surface area contributed by atoms with Crippen LogP contribution in [0, 0.1) is 23.2 Å². The first-order valence-corrected chi connectivity index (χ1v) is 9.29. The van der Waals surface area contributed by atoms with E-state index in [4.69, 9.17) is 0 Å². The van der Waals surface area contributed by atoms with Gasteiger partial charge in [-0.2, -0.15) is 5.10 Å². The molecular weight excluding hydrogens is 314 g/mol. The summed E-state index contributed by atoms with van der Waals surface area (Å²) in [6.07, 6.45) is 12.2. The molecule has 4 saturated carbocycles. The molecule has 4 fully saturated rings. The number of carbonyl (C=O) groups is 1. The number of nitrogens with zero attached hydrogens (tertiary/aromatic N) is 4. The van der Waals surface area contributed by atoms with E-state index < -0.39 is 0 Å². The van der Waals surface area contributed by atoms with E-state index in [0.717, 1.165) is 48.4 Å². The first-order chi connectivity index (χ1) is 12.2. The topological polar surface area (TPSA) is 72.7 Å². The highest BCUT2D eigenvalue weighted by atomic mass is 16.2. The molecule has 4 aliphatic carbocycles. The second-order valence-corrected chi connectivity index (χ2v) is 8.21. The quantitative estimate of drug-likeness (QED) is 0.930. The van der Waals surface area contributed by atoms with Crippen LogP contribution in [0.5, 0.6) is 0 Å². The Kier molecular flexibility index (Phi) is 3.40. The fourth-order valence-electron chi connectivity index (χ4n) is 5.84. The molecule has 6 nitrogen and oxygen atoms in total. The smallest absolute Gasteiger partial charge is 0.226 e. The molecular formula is C19H23N5O. The van der Waals surface area contributed by atoms with Crippen molar-refractivity contribution in [1.82, 2.24) is 25.1 Å². The minimum atomic E-state index is -0.107. The lowest BCUT2D eigenvalue weighted by Crippen LogP contribution is -2.53. The molecule has 0 aliphatic heterocycles. The van der Waals surface area contributed by atoms with E-state index in [0.29, 0.717) is 6.54 Å². The predicted molar refractivity (Wildman–Crippen MR) is 91.6 cm³/mol. The molecule has 1 N–H and O–H groups in total. The van der Waals surface area contributed by atoms with Crippen LogP contribution in [-0.2, 0) is 11.3 Å². The highest BCUT2D eigenvalue weighted by Crippen LogP contribution is 2.60. The van der Waals surface area contributed by atoms with Crippen molar-refractivity contribution >= 4 is 5.91 Å². The van der Waals surface area contributed by atoms with E-state index in [1.54, 1.807) is 17.2 Å². The third-order valence-corrected chi connectivity index (χ3v) is 6.46. The zero-order chi connectivity index (χ0) is 16.9. The van der Waals surface area contributed by atoms with Crippen molar-refractivity contribution in [1.29, 1.82) is 0 Å². The van der Waals surface area contributed by atoms with Crippen LogP contribution in [0.1, 0.15) is 44.1 Å². The van der Waals surface area contributed by atoms with Crippen molar-refractivity contribution in [2.24, 2.45) is 23.2 Å². The Morgan fingerprint density at radius 2 is 1.92 bits per heavy atom. The minimum absolute atomic E-state index is 0.107. The molecule has 2 aromatic rings. The van der Waals surface area contributed by atoms with Gasteiger partial charge in [-0.1, -0.05) is 6.07 Å². The van der Waals surface area contributed by atoms with Gasteiger partial charge in [0.25, 0.3) is 0 Å². The predicted octanol–water partition coefficient (Wildman–Crippen LogP) is 2.49. The van der Waals surface area contributed by atoms with Gasteiger partial charge in [0.15, 0.2) is 5.82 Å². The van der Waals surface area contributed by atoms with Crippen LogP contribution in [0.4, 0.5) is 0 Å². The number of pyridine rings is 1. The van der Waals surface area contributed by atoms with E-state index >= 15 is 0 Å². The molecule has 0 unspecified atom stereocenters. The summed E-state index contributed by atoms with van der Waals surface area (Å²) in [4.78, 5) is 21.5.